The minimum atomic E-state index is -1.52. The minimum absolute atomic E-state index is 0. The van der Waals surface area contributed by atoms with Gasteiger partial charge in [-0.1, -0.05) is 60.7 Å². The van der Waals surface area contributed by atoms with Gasteiger partial charge in [-0.05, 0) is 11.1 Å². The molecule has 0 amide bonds. The van der Waals surface area contributed by atoms with Gasteiger partial charge in [0.1, 0.15) is 12.2 Å². The van der Waals surface area contributed by atoms with Gasteiger partial charge in [0.2, 0.25) is 0 Å². The van der Waals surface area contributed by atoms with E-state index in [1.54, 1.807) is 36.4 Å². The molecule has 0 bridgehead atoms. The normalized spacial score (nSPS) is 11.9. The standard InChI is InChI=1S/2C8H8O3.Fe/c2*9-7(8(10)11)6-4-2-1-3-5-6;/h2*1-5,7,9H,(H,10,11);/q;;+2/p-2. The second kappa shape index (κ2) is 10.5. The van der Waals surface area contributed by atoms with E-state index in [1.807, 2.05) is 0 Å². The first-order valence-corrected chi connectivity index (χ1v) is 6.31. The quantitative estimate of drug-likeness (QED) is 0.672. The third-order valence-corrected chi connectivity index (χ3v) is 2.68. The Bertz CT molecular complexity index is 547. The molecule has 122 valence electrons. The van der Waals surface area contributed by atoms with Crippen LogP contribution in [0.3, 0.4) is 0 Å². The van der Waals surface area contributed by atoms with Crippen LogP contribution in [-0.4, -0.2) is 22.2 Å². The van der Waals surface area contributed by atoms with Crippen molar-refractivity contribution in [2.45, 2.75) is 12.2 Å². The molecule has 0 aromatic heterocycles. The number of aliphatic hydroxyl groups excluding tert-OH is 2. The van der Waals surface area contributed by atoms with Crippen molar-refractivity contribution < 1.29 is 47.1 Å². The Labute approximate surface area is 143 Å². The van der Waals surface area contributed by atoms with Crippen molar-refractivity contribution in [2.24, 2.45) is 0 Å². The van der Waals surface area contributed by atoms with Crippen molar-refractivity contribution in [3.63, 3.8) is 0 Å². The summed E-state index contributed by atoms with van der Waals surface area (Å²) in [6, 6.07) is 16.2. The Morgan fingerprint density at radius 2 is 0.957 bits per heavy atom. The Balaban J connectivity index is 0.000000403. The molecule has 2 atom stereocenters. The molecule has 2 aromatic carbocycles. The zero-order valence-electron chi connectivity index (χ0n) is 11.8. The molecule has 2 unspecified atom stereocenters. The zero-order valence-corrected chi connectivity index (χ0v) is 12.9. The van der Waals surface area contributed by atoms with Gasteiger partial charge in [-0.2, -0.15) is 0 Å². The number of carboxylic acids is 2. The molecule has 0 radical (unpaired) electrons. The van der Waals surface area contributed by atoms with Gasteiger partial charge in [0, 0.05) is 0 Å². The number of hydrogen-bond donors (Lipinski definition) is 2. The van der Waals surface area contributed by atoms with Gasteiger partial charge >= 0.3 is 17.1 Å². The SMILES string of the molecule is O=C([O-])C(O)c1ccccc1.O=C([O-])C(O)c1ccccc1.[Fe+2]. The van der Waals surface area contributed by atoms with E-state index in [4.69, 9.17) is 10.2 Å². The second-order valence-electron chi connectivity index (χ2n) is 4.26. The molecule has 0 aliphatic rings. The van der Waals surface area contributed by atoms with Gasteiger partial charge < -0.3 is 30.0 Å². The fourth-order valence-electron chi connectivity index (χ4n) is 1.54. The maximum absolute atomic E-state index is 10.1. The molecule has 0 spiro atoms. The van der Waals surface area contributed by atoms with E-state index in [0.29, 0.717) is 11.1 Å². The van der Waals surface area contributed by atoms with Crippen LogP contribution in [0.4, 0.5) is 0 Å². The summed E-state index contributed by atoms with van der Waals surface area (Å²) in [5, 5.41) is 38.1. The van der Waals surface area contributed by atoms with Crippen LogP contribution in [0.25, 0.3) is 0 Å². The third-order valence-electron chi connectivity index (χ3n) is 2.68. The predicted octanol–water partition coefficient (Wildman–Crippen LogP) is -1.06. The molecule has 0 saturated heterocycles. The van der Waals surface area contributed by atoms with Gasteiger partial charge in [0.15, 0.2) is 0 Å². The smallest absolute Gasteiger partial charge is 0.547 e. The van der Waals surface area contributed by atoms with Gasteiger partial charge in [-0.3, -0.25) is 0 Å². The van der Waals surface area contributed by atoms with Crippen LogP contribution in [0.1, 0.15) is 23.3 Å². The monoisotopic (exact) mass is 358 g/mol. The molecule has 23 heavy (non-hydrogen) atoms. The van der Waals surface area contributed by atoms with Crippen LogP contribution in [-0.2, 0) is 26.7 Å². The van der Waals surface area contributed by atoms with Crippen molar-refractivity contribution >= 4 is 11.9 Å². The molecular weight excluding hydrogens is 344 g/mol. The number of carbonyl (C=O) groups is 2. The average Bonchev–Trinajstić information content (AvgIpc) is 2.55. The van der Waals surface area contributed by atoms with Gasteiger partial charge in [0.25, 0.3) is 0 Å². The largest absolute Gasteiger partial charge is 2.00 e. The molecule has 0 heterocycles. The molecular formula is C16H14FeO6. The van der Waals surface area contributed by atoms with Crippen LogP contribution in [0.2, 0.25) is 0 Å². The molecule has 2 aromatic rings. The minimum Gasteiger partial charge on any atom is -0.547 e. The van der Waals surface area contributed by atoms with Crippen molar-refractivity contribution in [3.05, 3.63) is 71.8 Å². The Hall–Kier alpha value is -2.18. The van der Waals surface area contributed by atoms with Crippen molar-refractivity contribution in [2.75, 3.05) is 0 Å². The number of rotatable bonds is 4. The summed E-state index contributed by atoms with van der Waals surface area (Å²) in [6.45, 7) is 0. The summed E-state index contributed by atoms with van der Waals surface area (Å²) in [6.07, 6.45) is -3.03. The average molecular weight is 358 g/mol. The fourth-order valence-corrected chi connectivity index (χ4v) is 1.54. The molecule has 7 heteroatoms. The summed E-state index contributed by atoms with van der Waals surface area (Å²) in [4.78, 5) is 20.3. The number of carbonyl (C=O) groups excluding carboxylic acids is 2. The summed E-state index contributed by atoms with van der Waals surface area (Å²) in [5.74, 6) is -2.95. The van der Waals surface area contributed by atoms with Crippen molar-refractivity contribution in [3.8, 4) is 0 Å². The maximum atomic E-state index is 10.1. The molecule has 0 aliphatic heterocycles. The van der Waals surface area contributed by atoms with E-state index in [1.165, 1.54) is 24.3 Å². The first-order valence-electron chi connectivity index (χ1n) is 6.31. The Morgan fingerprint density at radius 3 is 1.17 bits per heavy atom. The van der Waals surface area contributed by atoms with E-state index in [-0.39, 0.29) is 17.1 Å². The molecule has 6 nitrogen and oxygen atoms in total. The number of hydrogen-bond acceptors (Lipinski definition) is 6. The molecule has 2 N–H and O–H groups in total. The van der Waals surface area contributed by atoms with E-state index in [9.17, 15) is 19.8 Å². The van der Waals surface area contributed by atoms with Gasteiger partial charge in [0.05, 0.1) is 11.9 Å². The first kappa shape index (κ1) is 20.8. The zero-order chi connectivity index (χ0) is 16.5. The van der Waals surface area contributed by atoms with E-state index >= 15 is 0 Å². The molecule has 0 aliphatic carbocycles. The summed E-state index contributed by atoms with van der Waals surface area (Å²) in [5.41, 5.74) is 0.681. The topological polar surface area (TPSA) is 121 Å². The summed E-state index contributed by atoms with van der Waals surface area (Å²) < 4.78 is 0. The van der Waals surface area contributed by atoms with E-state index in [0.717, 1.165) is 0 Å². The van der Waals surface area contributed by atoms with Gasteiger partial charge in [-0.25, -0.2) is 0 Å². The van der Waals surface area contributed by atoms with Crippen LogP contribution in [0, 0.1) is 0 Å². The molecule has 0 saturated carbocycles. The second-order valence-corrected chi connectivity index (χ2v) is 4.26. The predicted molar refractivity (Wildman–Crippen MR) is 72.8 cm³/mol. The van der Waals surface area contributed by atoms with Crippen molar-refractivity contribution in [1.29, 1.82) is 0 Å². The van der Waals surface area contributed by atoms with Crippen molar-refractivity contribution in [1.82, 2.24) is 0 Å². The first-order chi connectivity index (χ1) is 10.4. The Morgan fingerprint density at radius 1 is 0.696 bits per heavy atom. The van der Waals surface area contributed by atoms with Gasteiger partial charge in [-0.15, -0.1) is 0 Å². The summed E-state index contributed by atoms with van der Waals surface area (Å²) >= 11 is 0. The Kier molecular flexibility index (Phi) is 9.53. The third kappa shape index (κ3) is 7.08. The maximum Gasteiger partial charge on any atom is 2.00 e. The van der Waals surface area contributed by atoms with Crippen LogP contribution >= 0.6 is 0 Å². The van der Waals surface area contributed by atoms with E-state index < -0.39 is 24.1 Å². The number of aliphatic carboxylic acids is 2. The summed E-state index contributed by atoms with van der Waals surface area (Å²) in [7, 11) is 0. The molecule has 0 fully saturated rings. The van der Waals surface area contributed by atoms with Crippen LogP contribution in [0.5, 0.6) is 0 Å². The number of aliphatic hydroxyl groups is 2. The van der Waals surface area contributed by atoms with Crippen LogP contribution < -0.4 is 10.2 Å². The molecule has 2 rings (SSSR count). The number of benzene rings is 2. The van der Waals surface area contributed by atoms with Crippen LogP contribution in [0.15, 0.2) is 60.7 Å². The van der Waals surface area contributed by atoms with E-state index in [2.05, 4.69) is 0 Å². The number of carboxylic acid groups (broad SMARTS) is 2. The fraction of sp³-hybridized carbons (Fsp3) is 0.125.